The molecule has 0 unspecified atom stereocenters. The Morgan fingerprint density at radius 3 is 2.24 bits per heavy atom. The summed E-state index contributed by atoms with van der Waals surface area (Å²) in [5.41, 5.74) is 3.84. The van der Waals surface area contributed by atoms with Crippen molar-refractivity contribution in [3.8, 4) is 0 Å². The van der Waals surface area contributed by atoms with Crippen LogP contribution in [0.2, 0.25) is 0 Å². The van der Waals surface area contributed by atoms with Crippen LogP contribution in [0.3, 0.4) is 0 Å². The minimum absolute atomic E-state index is 0.0694. The molecule has 2 amide bonds. The highest BCUT2D eigenvalue weighted by Crippen LogP contribution is 2.20. The summed E-state index contributed by atoms with van der Waals surface area (Å²) in [6, 6.07) is 12.9. The maximum atomic E-state index is 12.5. The smallest absolute Gasteiger partial charge is 0.326 e. The van der Waals surface area contributed by atoms with E-state index in [0.29, 0.717) is 16.7 Å². The van der Waals surface area contributed by atoms with E-state index in [4.69, 9.17) is 0 Å². The summed E-state index contributed by atoms with van der Waals surface area (Å²) in [7, 11) is 5.16. The monoisotopic (exact) mass is 479 g/mol. The second-order valence-corrected chi connectivity index (χ2v) is 8.93. The van der Waals surface area contributed by atoms with Crippen molar-refractivity contribution in [2.45, 2.75) is 18.5 Å². The maximum absolute atomic E-state index is 12.5. The summed E-state index contributed by atoms with van der Waals surface area (Å²) in [5, 5.41) is 14.4. The molecule has 0 atom stereocenters. The summed E-state index contributed by atoms with van der Waals surface area (Å²) >= 11 is 1.23. The quantitative estimate of drug-likeness (QED) is 0.393. The Morgan fingerprint density at radius 2 is 1.50 bits per heavy atom. The van der Waals surface area contributed by atoms with Gasteiger partial charge in [0, 0.05) is 32.5 Å². The van der Waals surface area contributed by atoms with E-state index in [-0.39, 0.29) is 29.7 Å². The van der Waals surface area contributed by atoms with Gasteiger partial charge in [-0.2, -0.15) is 0 Å². The van der Waals surface area contributed by atoms with Crippen molar-refractivity contribution >= 4 is 46.0 Å². The third-order valence-electron chi connectivity index (χ3n) is 5.47. The summed E-state index contributed by atoms with van der Waals surface area (Å²) < 4.78 is 4.80. The lowest BCUT2D eigenvalue weighted by Crippen LogP contribution is -2.19. The van der Waals surface area contributed by atoms with E-state index in [0.717, 1.165) is 22.3 Å². The highest BCUT2D eigenvalue weighted by molar-refractivity contribution is 7.99. The summed E-state index contributed by atoms with van der Waals surface area (Å²) in [4.78, 5) is 36.9. The average Bonchev–Trinajstić information content (AvgIpc) is 3.26. The highest BCUT2D eigenvalue weighted by Gasteiger charge is 2.15. The van der Waals surface area contributed by atoms with Gasteiger partial charge in [-0.1, -0.05) is 29.5 Å². The Labute approximate surface area is 200 Å². The zero-order chi connectivity index (χ0) is 24.4. The molecular formula is C23H25N7O3S. The third-order valence-corrected chi connectivity index (χ3v) is 6.49. The molecule has 2 heterocycles. The van der Waals surface area contributed by atoms with Gasteiger partial charge >= 0.3 is 5.69 Å². The molecule has 4 aromatic rings. The Hall–Kier alpha value is -3.86. The van der Waals surface area contributed by atoms with Crippen molar-refractivity contribution in [3.63, 3.8) is 0 Å². The van der Waals surface area contributed by atoms with Crippen molar-refractivity contribution in [3.05, 3.63) is 64.3 Å². The SMILES string of the molecule is Cc1ccc(NC(=O)Cc2nnc(SCC(=O)Nc3ccc4c(c3)n(C)c(=O)n4C)n2C)cc1. The number of rotatable bonds is 7. The molecule has 0 bridgehead atoms. The third kappa shape index (κ3) is 4.88. The van der Waals surface area contributed by atoms with Crippen LogP contribution in [0.5, 0.6) is 0 Å². The fourth-order valence-corrected chi connectivity index (χ4v) is 4.25. The maximum Gasteiger partial charge on any atom is 0.328 e. The number of benzene rings is 2. The Balaban J connectivity index is 1.34. The van der Waals surface area contributed by atoms with Gasteiger partial charge in [0.25, 0.3) is 0 Å². The number of aryl methyl sites for hydroxylation is 3. The number of fused-ring (bicyclic) bond motifs is 1. The summed E-state index contributed by atoms with van der Waals surface area (Å²) in [6.07, 6.45) is 0.0694. The molecule has 2 N–H and O–H groups in total. The number of aromatic nitrogens is 5. The van der Waals surface area contributed by atoms with E-state index in [2.05, 4.69) is 20.8 Å². The zero-order valence-corrected chi connectivity index (χ0v) is 20.1. The molecule has 10 nitrogen and oxygen atoms in total. The highest BCUT2D eigenvalue weighted by atomic mass is 32.2. The lowest BCUT2D eigenvalue weighted by molar-refractivity contribution is -0.116. The van der Waals surface area contributed by atoms with Gasteiger partial charge in [0.1, 0.15) is 5.82 Å². The van der Waals surface area contributed by atoms with Crippen LogP contribution in [-0.4, -0.2) is 41.5 Å². The Bertz CT molecular complexity index is 1430. The van der Waals surface area contributed by atoms with Crippen LogP contribution in [0.25, 0.3) is 11.0 Å². The van der Waals surface area contributed by atoms with Crippen molar-refractivity contribution in [1.29, 1.82) is 0 Å². The van der Waals surface area contributed by atoms with E-state index in [1.165, 1.54) is 16.3 Å². The molecule has 11 heteroatoms. The summed E-state index contributed by atoms with van der Waals surface area (Å²) in [6.45, 7) is 1.98. The van der Waals surface area contributed by atoms with Gasteiger partial charge < -0.3 is 15.2 Å². The first-order chi connectivity index (χ1) is 16.2. The number of nitrogens with zero attached hydrogens (tertiary/aromatic N) is 5. The fraction of sp³-hybridized carbons (Fsp3) is 0.261. The van der Waals surface area contributed by atoms with Crippen molar-refractivity contribution in [2.75, 3.05) is 16.4 Å². The molecule has 4 rings (SSSR count). The van der Waals surface area contributed by atoms with Gasteiger partial charge in [0.05, 0.1) is 23.2 Å². The van der Waals surface area contributed by atoms with E-state index in [1.54, 1.807) is 48.5 Å². The predicted molar refractivity (Wildman–Crippen MR) is 132 cm³/mol. The summed E-state index contributed by atoms with van der Waals surface area (Å²) in [5.74, 6) is 0.210. The van der Waals surface area contributed by atoms with Gasteiger partial charge in [-0.05, 0) is 37.3 Å². The molecular weight excluding hydrogens is 454 g/mol. The standard InChI is InChI=1S/C23H25N7O3S/c1-14-5-7-15(8-6-14)24-20(31)12-19-26-27-22(30(19)4)34-13-21(32)25-16-9-10-17-18(11-16)29(3)23(33)28(17)2/h5-11H,12-13H2,1-4H3,(H,24,31)(H,25,32). The number of carbonyl (C=O) groups is 2. The lowest BCUT2D eigenvalue weighted by Gasteiger charge is -2.07. The first kappa shape index (κ1) is 23.3. The molecule has 176 valence electrons. The molecule has 0 radical (unpaired) electrons. The average molecular weight is 480 g/mol. The van der Waals surface area contributed by atoms with E-state index >= 15 is 0 Å². The Kier molecular flexibility index (Phi) is 6.55. The first-order valence-electron chi connectivity index (χ1n) is 10.6. The van der Waals surface area contributed by atoms with Crippen LogP contribution < -0.4 is 16.3 Å². The second-order valence-electron chi connectivity index (χ2n) is 7.99. The molecule has 2 aromatic heterocycles. The largest absolute Gasteiger partial charge is 0.328 e. The van der Waals surface area contributed by atoms with Crippen LogP contribution in [-0.2, 0) is 37.2 Å². The van der Waals surface area contributed by atoms with Crippen molar-refractivity contribution < 1.29 is 9.59 Å². The number of imidazole rings is 1. The number of nitrogens with one attached hydrogen (secondary N) is 2. The minimum atomic E-state index is -0.216. The molecule has 0 aliphatic rings. The molecule has 34 heavy (non-hydrogen) atoms. The van der Waals surface area contributed by atoms with Crippen LogP contribution in [0.4, 0.5) is 11.4 Å². The normalized spacial score (nSPS) is 11.1. The van der Waals surface area contributed by atoms with Crippen LogP contribution in [0, 0.1) is 6.92 Å². The number of hydrogen-bond acceptors (Lipinski definition) is 6. The minimum Gasteiger partial charge on any atom is -0.326 e. The van der Waals surface area contributed by atoms with Gasteiger partial charge in [-0.25, -0.2) is 4.79 Å². The molecule has 2 aromatic carbocycles. The van der Waals surface area contributed by atoms with Crippen LogP contribution >= 0.6 is 11.8 Å². The molecule has 0 aliphatic carbocycles. The van der Waals surface area contributed by atoms with Crippen LogP contribution in [0.15, 0.2) is 52.4 Å². The van der Waals surface area contributed by atoms with E-state index in [9.17, 15) is 14.4 Å². The molecule has 0 aliphatic heterocycles. The van der Waals surface area contributed by atoms with Gasteiger partial charge in [-0.15, -0.1) is 10.2 Å². The zero-order valence-electron chi connectivity index (χ0n) is 19.3. The fourth-order valence-electron chi connectivity index (χ4n) is 3.52. The number of thioether (sulfide) groups is 1. The molecule has 0 fully saturated rings. The number of anilines is 2. The van der Waals surface area contributed by atoms with Crippen molar-refractivity contribution in [1.82, 2.24) is 23.9 Å². The molecule has 0 saturated heterocycles. The first-order valence-corrected chi connectivity index (χ1v) is 11.5. The van der Waals surface area contributed by atoms with Crippen molar-refractivity contribution in [2.24, 2.45) is 21.1 Å². The predicted octanol–water partition coefficient (Wildman–Crippen LogP) is 2.23. The van der Waals surface area contributed by atoms with E-state index < -0.39 is 0 Å². The van der Waals surface area contributed by atoms with Gasteiger partial charge in [0.15, 0.2) is 5.16 Å². The van der Waals surface area contributed by atoms with Gasteiger partial charge in [0.2, 0.25) is 11.8 Å². The topological polar surface area (TPSA) is 116 Å². The Morgan fingerprint density at radius 1 is 0.853 bits per heavy atom. The second kappa shape index (κ2) is 9.56. The number of hydrogen-bond donors (Lipinski definition) is 2. The van der Waals surface area contributed by atoms with Gasteiger partial charge in [-0.3, -0.25) is 18.7 Å². The molecule has 0 saturated carbocycles. The number of amides is 2. The number of carbonyl (C=O) groups excluding carboxylic acids is 2. The lowest BCUT2D eigenvalue weighted by atomic mass is 10.2. The molecule has 0 spiro atoms. The van der Waals surface area contributed by atoms with E-state index in [1.807, 2.05) is 31.2 Å². The van der Waals surface area contributed by atoms with Crippen LogP contribution in [0.1, 0.15) is 11.4 Å².